The van der Waals surface area contributed by atoms with Gasteiger partial charge in [0, 0.05) is 36.4 Å². The molecule has 4 nitrogen and oxygen atoms in total. The molecule has 136 valence electrons. The molecule has 0 aliphatic carbocycles. The molecule has 4 rings (SSSR count). The van der Waals surface area contributed by atoms with Crippen LogP contribution in [0.25, 0.3) is 0 Å². The van der Waals surface area contributed by atoms with Crippen LogP contribution in [-0.4, -0.2) is 30.1 Å². The number of rotatable bonds is 4. The van der Waals surface area contributed by atoms with E-state index >= 15 is 0 Å². The summed E-state index contributed by atoms with van der Waals surface area (Å²) >= 11 is 0. The number of nitrogens with zero attached hydrogens (tertiary/aromatic N) is 1. The van der Waals surface area contributed by atoms with Crippen molar-refractivity contribution in [1.82, 2.24) is 4.90 Å². The number of hydrogen-bond donors (Lipinski definition) is 2. The van der Waals surface area contributed by atoms with Gasteiger partial charge < -0.3 is 15.5 Å². The molecule has 4 heteroatoms. The molecule has 2 amide bonds. The summed E-state index contributed by atoms with van der Waals surface area (Å²) in [6.45, 7) is 4.04. The number of fused-ring (bicyclic) bond motifs is 1. The second-order valence-electron chi connectivity index (χ2n) is 7.31. The highest BCUT2D eigenvalue weighted by Crippen LogP contribution is 2.34. The first-order valence-electron chi connectivity index (χ1n) is 9.75. The van der Waals surface area contributed by atoms with Crippen LogP contribution >= 0.6 is 0 Å². The van der Waals surface area contributed by atoms with Gasteiger partial charge in [-0.05, 0) is 55.0 Å². The zero-order chi connectivity index (χ0) is 17.9. The van der Waals surface area contributed by atoms with Crippen molar-refractivity contribution < 1.29 is 4.79 Å². The van der Waals surface area contributed by atoms with Crippen molar-refractivity contribution in [3.8, 4) is 0 Å². The van der Waals surface area contributed by atoms with Gasteiger partial charge in [-0.15, -0.1) is 0 Å². The first-order chi connectivity index (χ1) is 12.8. The monoisotopic (exact) mass is 349 g/mol. The molecule has 2 aromatic carbocycles. The molecule has 2 aliphatic heterocycles. The topological polar surface area (TPSA) is 44.4 Å². The Morgan fingerprint density at radius 3 is 2.92 bits per heavy atom. The van der Waals surface area contributed by atoms with Gasteiger partial charge >= 0.3 is 6.03 Å². The van der Waals surface area contributed by atoms with E-state index in [0.29, 0.717) is 5.92 Å². The third kappa shape index (κ3) is 3.28. The summed E-state index contributed by atoms with van der Waals surface area (Å²) in [5.74, 6) is 0.397. The molecule has 1 fully saturated rings. The lowest BCUT2D eigenvalue weighted by atomic mass is 9.88. The molecule has 2 aromatic rings. The predicted molar refractivity (Wildman–Crippen MR) is 107 cm³/mol. The van der Waals surface area contributed by atoms with Gasteiger partial charge in [0.1, 0.15) is 0 Å². The van der Waals surface area contributed by atoms with Crippen molar-refractivity contribution in [1.29, 1.82) is 0 Å². The Morgan fingerprint density at radius 2 is 2.12 bits per heavy atom. The Balaban J connectivity index is 1.49. The number of urea groups is 1. The molecule has 2 heterocycles. The molecule has 0 aromatic heterocycles. The maximum Gasteiger partial charge on any atom is 0.322 e. The van der Waals surface area contributed by atoms with Crippen molar-refractivity contribution in [2.24, 2.45) is 0 Å². The summed E-state index contributed by atoms with van der Waals surface area (Å²) in [4.78, 5) is 15.0. The Kier molecular flexibility index (Phi) is 4.83. The van der Waals surface area contributed by atoms with Crippen LogP contribution in [0.15, 0.2) is 48.5 Å². The Bertz CT molecular complexity index is 774. The SMILES string of the molecule is CCC(c1ccccc1)C1CCCN1C(=O)Nc1ccc2c(c1)CCN2. The number of hydrogen-bond acceptors (Lipinski definition) is 2. The fourth-order valence-electron chi connectivity index (χ4n) is 4.47. The quantitative estimate of drug-likeness (QED) is 0.829. The summed E-state index contributed by atoms with van der Waals surface area (Å²) in [7, 11) is 0. The van der Waals surface area contributed by atoms with Crippen molar-refractivity contribution in [2.45, 2.75) is 44.6 Å². The highest BCUT2D eigenvalue weighted by molar-refractivity contribution is 5.90. The van der Waals surface area contributed by atoms with Crippen LogP contribution in [-0.2, 0) is 6.42 Å². The Morgan fingerprint density at radius 1 is 1.27 bits per heavy atom. The highest BCUT2D eigenvalue weighted by atomic mass is 16.2. The van der Waals surface area contributed by atoms with Crippen molar-refractivity contribution in [2.75, 3.05) is 23.7 Å². The van der Waals surface area contributed by atoms with Gasteiger partial charge in [0.25, 0.3) is 0 Å². The number of amides is 2. The predicted octanol–water partition coefficient (Wildman–Crippen LogP) is 4.84. The molecule has 0 saturated carbocycles. The number of carbonyl (C=O) groups excluding carboxylic acids is 1. The van der Waals surface area contributed by atoms with E-state index in [2.05, 4.69) is 60.0 Å². The van der Waals surface area contributed by atoms with Gasteiger partial charge in [-0.2, -0.15) is 0 Å². The van der Waals surface area contributed by atoms with E-state index in [1.807, 2.05) is 11.0 Å². The van der Waals surface area contributed by atoms with E-state index in [-0.39, 0.29) is 12.1 Å². The van der Waals surface area contributed by atoms with E-state index in [1.54, 1.807) is 0 Å². The third-order valence-electron chi connectivity index (χ3n) is 5.76. The van der Waals surface area contributed by atoms with Gasteiger partial charge in [-0.25, -0.2) is 4.79 Å². The van der Waals surface area contributed by atoms with Gasteiger partial charge in [0.05, 0.1) is 0 Å². The van der Waals surface area contributed by atoms with Crippen LogP contribution in [0.5, 0.6) is 0 Å². The van der Waals surface area contributed by atoms with E-state index in [9.17, 15) is 4.79 Å². The van der Waals surface area contributed by atoms with Gasteiger partial charge in [0.2, 0.25) is 0 Å². The number of benzene rings is 2. The van der Waals surface area contributed by atoms with Crippen LogP contribution in [0.2, 0.25) is 0 Å². The average Bonchev–Trinajstić information content (AvgIpc) is 3.32. The van der Waals surface area contributed by atoms with Gasteiger partial charge in [-0.3, -0.25) is 0 Å². The van der Waals surface area contributed by atoms with Crippen LogP contribution in [0, 0.1) is 0 Å². The number of nitrogens with one attached hydrogen (secondary N) is 2. The largest absolute Gasteiger partial charge is 0.384 e. The molecule has 0 radical (unpaired) electrons. The second-order valence-corrected chi connectivity index (χ2v) is 7.31. The van der Waals surface area contributed by atoms with Crippen LogP contribution in [0.4, 0.5) is 16.2 Å². The van der Waals surface area contributed by atoms with Crippen molar-refractivity contribution in [3.05, 3.63) is 59.7 Å². The van der Waals surface area contributed by atoms with Crippen LogP contribution in [0.3, 0.4) is 0 Å². The maximum atomic E-state index is 13.0. The minimum Gasteiger partial charge on any atom is -0.384 e. The molecule has 1 saturated heterocycles. The molecular weight excluding hydrogens is 322 g/mol. The smallest absolute Gasteiger partial charge is 0.322 e. The molecule has 0 spiro atoms. The molecule has 2 atom stereocenters. The lowest BCUT2D eigenvalue weighted by Gasteiger charge is -2.31. The van der Waals surface area contributed by atoms with E-state index in [1.165, 1.54) is 16.8 Å². The Hall–Kier alpha value is -2.49. The first kappa shape index (κ1) is 17.0. The summed E-state index contributed by atoms with van der Waals surface area (Å²) in [6.07, 6.45) is 4.23. The van der Waals surface area contributed by atoms with Crippen LogP contribution in [0.1, 0.15) is 43.2 Å². The van der Waals surface area contributed by atoms with Crippen molar-refractivity contribution in [3.63, 3.8) is 0 Å². The molecule has 26 heavy (non-hydrogen) atoms. The standard InChI is InChI=1S/C22H27N3O/c1-2-19(16-7-4-3-5-8-16)21-9-6-14-25(21)22(26)24-18-10-11-20-17(15-18)12-13-23-20/h3-5,7-8,10-11,15,19,21,23H,2,6,9,12-14H2,1H3,(H,24,26). The number of likely N-dealkylation sites (tertiary alicyclic amines) is 1. The highest BCUT2D eigenvalue weighted by Gasteiger charge is 2.34. The lowest BCUT2D eigenvalue weighted by Crippen LogP contribution is -2.41. The van der Waals surface area contributed by atoms with E-state index in [4.69, 9.17) is 0 Å². The van der Waals surface area contributed by atoms with Gasteiger partial charge in [0.15, 0.2) is 0 Å². The molecule has 0 bridgehead atoms. The Labute approximate surface area is 155 Å². The normalized spacial score (nSPS) is 19.7. The fraction of sp³-hybridized carbons (Fsp3) is 0.409. The van der Waals surface area contributed by atoms with E-state index in [0.717, 1.165) is 44.5 Å². The fourth-order valence-corrected chi connectivity index (χ4v) is 4.47. The molecular formula is C22H27N3O. The molecule has 2 unspecified atom stereocenters. The minimum absolute atomic E-state index is 0.0350. The summed E-state index contributed by atoms with van der Waals surface area (Å²) in [5.41, 5.74) is 4.72. The molecule has 2 N–H and O–H groups in total. The second kappa shape index (κ2) is 7.40. The van der Waals surface area contributed by atoms with Gasteiger partial charge in [-0.1, -0.05) is 37.3 Å². The summed E-state index contributed by atoms with van der Waals surface area (Å²) in [5, 5.41) is 6.49. The maximum absolute atomic E-state index is 13.0. The summed E-state index contributed by atoms with van der Waals surface area (Å²) < 4.78 is 0. The first-order valence-corrected chi connectivity index (χ1v) is 9.75. The molecule has 2 aliphatic rings. The van der Waals surface area contributed by atoms with Crippen LogP contribution < -0.4 is 10.6 Å². The average molecular weight is 349 g/mol. The third-order valence-corrected chi connectivity index (χ3v) is 5.76. The summed E-state index contributed by atoms with van der Waals surface area (Å²) in [6, 6.07) is 17.1. The zero-order valence-corrected chi connectivity index (χ0v) is 15.4. The van der Waals surface area contributed by atoms with E-state index < -0.39 is 0 Å². The minimum atomic E-state index is 0.0350. The number of carbonyl (C=O) groups is 1. The van der Waals surface area contributed by atoms with Crippen molar-refractivity contribution >= 4 is 17.4 Å². The zero-order valence-electron chi connectivity index (χ0n) is 15.4. The lowest BCUT2D eigenvalue weighted by molar-refractivity contribution is 0.197. The number of anilines is 2.